The number of benzene rings is 2. The molecule has 22 heavy (non-hydrogen) atoms. The maximum Gasteiger partial charge on any atom is 0.207 e. The van der Waals surface area contributed by atoms with E-state index in [0.717, 1.165) is 5.75 Å². The maximum absolute atomic E-state index is 5.17. The molecule has 120 valence electrons. The van der Waals surface area contributed by atoms with Crippen molar-refractivity contribution in [3.63, 3.8) is 0 Å². The minimum Gasteiger partial charge on any atom is -0.497 e. The summed E-state index contributed by atoms with van der Waals surface area (Å²) in [4.78, 5) is 0. The topological polar surface area (TPSA) is 46.2 Å². The van der Waals surface area contributed by atoms with Gasteiger partial charge in [-0.3, -0.25) is 0 Å². The second-order valence-electron chi connectivity index (χ2n) is 4.05. The van der Waals surface area contributed by atoms with Gasteiger partial charge >= 0.3 is 0 Å². The largest absolute Gasteiger partial charge is 0.497 e. The van der Waals surface area contributed by atoms with Crippen molar-refractivity contribution in [3.05, 3.63) is 42.5 Å². The molecule has 0 aliphatic rings. The molecule has 2 rings (SSSR count). The lowest BCUT2D eigenvalue weighted by molar-refractivity contribution is 0.305. The first-order valence-electron chi connectivity index (χ1n) is 6.63. The van der Waals surface area contributed by atoms with Crippen LogP contribution in [0.1, 0.15) is 0 Å². The Labute approximate surface area is 131 Å². The first-order chi connectivity index (χ1) is 10.7. The van der Waals surface area contributed by atoms with Gasteiger partial charge in [0.15, 0.2) is 11.5 Å². The molecule has 0 aliphatic heterocycles. The lowest BCUT2D eigenvalue weighted by atomic mass is 10.2. The van der Waals surface area contributed by atoms with Gasteiger partial charge in [0, 0.05) is 0 Å². The minimum atomic E-state index is 0.536. The van der Waals surface area contributed by atoms with E-state index < -0.39 is 0 Å². The van der Waals surface area contributed by atoms with Crippen molar-refractivity contribution in [2.24, 2.45) is 0 Å². The van der Waals surface area contributed by atoms with Crippen LogP contribution >= 0.6 is 0 Å². The Kier molecular flexibility index (Phi) is 7.47. The molecule has 0 saturated carbocycles. The SMILES string of the molecule is COc1ccc(OC)c(OC)c1OC.COc1ccccc1. The molecular formula is C17H22O5. The Balaban J connectivity index is 0.000000255. The Morgan fingerprint density at radius 2 is 0.955 bits per heavy atom. The maximum atomic E-state index is 5.17. The smallest absolute Gasteiger partial charge is 0.207 e. The quantitative estimate of drug-likeness (QED) is 0.847. The average molecular weight is 306 g/mol. The Morgan fingerprint density at radius 1 is 0.500 bits per heavy atom. The van der Waals surface area contributed by atoms with Crippen LogP contribution in [0.4, 0.5) is 0 Å². The molecule has 0 fully saturated rings. The predicted octanol–water partition coefficient (Wildman–Crippen LogP) is 3.42. The standard InChI is InChI=1S/C10H14O4.C7H8O/c1-11-7-5-6-8(12-2)10(14-4)9(7)13-3;1-8-7-5-3-2-4-6-7/h5-6H,1-4H3;2-6H,1H3. The molecule has 0 unspecified atom stereocenters. The number of hydrogen-bond donors (Lipinski definition) is 0. The number of hydrogen-bond acceptors (Lipinski definition) is 5. The van der Waals surface area contributed by atoms with Crippen LogP contribution in [0, 0.1) is 0 Å². The van der Waals surface area contributed by atoms with E-state index in [2.05, 4.69) is 0 Å². The van der Waals surface area contributed by atoms with Gasteiger partial charge in [0.2, 0.25) is 11.5 Å². The summed E-state index contributed by atoms with van der Waals surface area (Å²) in [6.07, 6.45) is 0. The highest BCUT2D eigenvalue weighted by Crippen LogP contribution is 2.43. The number of ether oxygens (including phenoxy) is 5. The van der Waals surface area contributed by atoms with Crippen molar-refractivity contribution < 1.29 is 23.7 Å². The number of methoxy groups -OCH3 is 5. The van der Waals surface area contributed by atoms with Gasteiger partial charge in [-0.2, -0.15) is 0 Å². The van der Waals surface area contributed by atoms with Gasteiger partial charge in [-0.15, -0.1) is 0 Å². The minimum absolute atomic E-state index is 0.536. The number of para-hydroxylation sites is 1. The summed E-state index contributed by atoms with van der Waals surface area (Å²) in [6, 6.07) is 13.2. The summed E-state index contributed by atoms with van der Waals surface area (Å²) >= 11 is 0. The van der Waals surface area contributed by atoms with Crippen LogP contribution in [0.5, 0.6) is 28.7 Å². The highest BCUT2D eigenvalue weighted by molar-refractivity contribution is 5.58. The second-order valence-corrected chi connectivity index (χ2v) is 4.05. The van der Waals surface area contributed by atoms with Gasteiger partial charge in [0.25, 0.3) is 0 Å². The van der Waals surface area contributed by atoms with Gasteiger partial charge < -0.3 is 23.7 Å². The molecule has 2 aromatic carbocycles. The van der Waals surface area contributed by atoms with Crippen molar-refractivity contribution in [2.75, 3.05) is 35.5 Å². The molecule has 0 aromatic heterocycles. The first kappa shape index (κ1) is 17.5. The van der Waals surface area contributed by atoms with E-state index in [-0.39, 0.29) is 0 Å². The summed E-state index contributed by atoms with van der Waals surface area (Å²) in [5.41, 5.74) is 0. The van der Waals surface area contributed by atoms with Crippen molar-refractivity contribution in [1.29, 1.82) is 0 Å². The highest BCUT2D eigenvalue weighted by atomic mass is 16.5. The summed E-state index contributed by atoms with van der Waals surface area (Å²) in [5.74, 6) is 3.21. The van der Waals surface area contributed by atoms with Crippen LogP contribution < -0.4 is 23.7 Å². The van der Waals surface area contributed by atoms with E-state index in [0.29, 0.717) is 23.0 Å². The van der Waals surface area contributed by atoms with Crippen molar-refractivity contribution in [1.82, 2.24) is 0 Å². The lowest BCUT2D eigenvalue weighted by Crippen LogP contribution is -1.97. The Hall–Kier alpha value is -2.56. The Morgan fingerprint density at radius 3 is 1.23 bits per heavy atom. The van der Waals surface area contributed by atoms with Gasteiger partial charge in [0.1, 0.15) is 5.75 Å². The van der Waals surface area contributed by atoms with Crippen LogP contribution in [0.2, 0.25) is 0 Å². The van der Waals surface area contributed by atoms with Crippen LogP contribution in [0.3, 0.4) is 0 Å². The third kappa shape index (κ3) is 4.48. The molecule has 5 nitrogen and oxygen atoms in total. The fourth-order valence-electron chi connectivity index (χ4n) is 1.79. The van der Waals surface area contributed by atoms with Crippen LogP contribution in [0.15, 0.2) is 42.5 Å². The molecule has 0 N–H and O–H groups in total. The molecule has 0 spiro atoms. The van der Waals surface area contributed by atoms with Crippen LogP contribution in [0.25, 0.3) is 0 Å². The summed E-state index contributed by atoms with van der Waals surface area (Å²) in [5, 5.41) is 0. The van der Waals surface area contributed by atoms with Crippen molar-refractivity contribution in [3.8, 4) is 28.7 Å². The predicted molar refractivity (Wildman–Crippen MR) is 85.6 cm³/mol. The third-order valence-corrected chi connectivity index (χ3v) is 2.87. The fraction of sp³-hybridized carbons (Fsp3) is 0.294. The van der Waals surface area contributed by atoms with Gasteiger partial charge in [-0.1, -0.05) is 18.2 Å². The molecule has 5 heteroatoms. The first-order valence-corrected chi connectivity index (χ1v) is 6.63. The molecule has 0 bridgehead atoms. The zero-order valence-electron chi connectivity index (χ0n) is 13.6. The summed E-state index contributed by atoms with van der Waals surface area (Å²) in [7, 11) is 7.92. The Bertz CT molecular complexity index is 523. The van der Waals surface area contributed by atoms with E-state index in [1.165, 1.54) is 0 Å². The molecule has 0 aliphatic carbocycles. The molecular weight excluding hydrogens is 284 g/mol. The zero-order valence-corrected chi connectivity index (χ0v) is 13.6. The van der Waals surface area contributed by atoms with E-state index in [1.807, 2.05) is 30.3 Å². The summed E-state index contributed by atoms with van der Waals surface area (Å²) in [6.45, 7) is 0. The molecule has 0 heterocycles. The number of rotatable bonds is 5. The fourth-order valence-corrected chi connectivity index (χ4v) is 1.79. The van der Waals surface area contributed by atoms with E-state index in [9.17, 15) is 0 Å². The van der Waals surface area contributed by atoms with Crippen LogP contribution in [-0.4, -0.2) is 35.5 Å². The van der Waals surface area contributed by atoms with Crippen LogP contribution in [-0.2, 0) is 0 Å². The van der Waals surface area contributed by atoms with Gasteiger partial charge in [0.05, 0.1) is 35.5 Å². The van der Waals surface area contributed by atoms with Crippen molar-refractivity contribution in [2.45, 2.75) is 0 Å². The molecule has 2 aromatic rings. The van der Waals surface area contributed by atoms with Gasteiger partial charge in [-0.25, -0.2) is 0 Å². The monoisotopic (exact) mass is 306 g/mol. The molecule has 0 amide bonds. The normalized spacial score (nSPS) is 9.14. The third-order valence-electron chi connectivity index (χ3n) is 2.87. The zero-order chi connectivity index (χ0) is 16.4. The molecule has 0 atom stereocenters. The summed E-state index contributed by atoms with van der Waals surface area (Å²) < 4.78 is 25.5. The van der Waals surface area contributed by atoms with E-state index in [4.69, 9.17) is 23.7 Å². The van der Waals surface area contributed by atoms with Crippen molar-refractivity contribution >= 4 is 0 Å². The average Bonchev–Trinajstić information content (AvgIpc) is 2.61. The lowest BCUT2D eigenvalue weighted by Gasteiger charge is -2.14. The highest BCUT2D eigenvalue weighted by Gasteiger charge is 2.15. The van der Waals surface area contributed by atoms with E-state index >= 15 is 0 Å². The molecule has 0 radical (unpaired) electrons. The van der Waals surface area contributed by atoms with Gasteiger partial charge in [-0.05, 0) is 24.3 Å². The van der Waals surface area contributed by atoms with E-state index in [1.54, 1.807) is 47.7 Å². The molecule has 0 saturated heterocycles. The second kappa shape index (κ2) is 9.39.